The Labute approximate surface area is 280 Å². The number of anilines is 3. The molecular weight excluding hydrogens is 601 g/mol. The smallest absolute Gasteiger partial charge is 0.113 e. The third-order valence-corrected chi connectivity index (χ3v) is 14.3. The van der Waals surface area contributed by atoms with Gasteiger partial charge >= 0.3 is 0 Å². The van der Waals surface area contributed by atoms with Gasteiger partial charge in [-0.1, -0.05) is 98.0 Å². The molecule has 5 heteroatoms. The van der Waals surface area contributed by atoms with Crippen molar-refractivity contribution in [3.8, 4) is 5.69 Å². The fourth-order valence-corrected chi connectivity index (χ4v) is 12.0. The first-order chi connectivity index (χ1) is 23.6. The molecule has 5 heterocycles. The number of para-hydroxylation sites is 2. The first-order valence-corrected chi connectivity index (χ1v) is 19.6. The summed E-state index contributed by atoms with van der Waals surface area (Å²) >= 11 is 0. The molecule has 2 aliphatic heterocycles. The standard InChI is InChI=1S/C43H32N4Si/c1-48(2)40-21-9-5-16-34(40)43(35-17-6-10-22-41(35)48)32-14-3-7-18-37(32)46(38-19-8-4-15-33(38)43)29-23-24-36-31(27-29)42-39(20-12-26-45-42)47(36)30-13-11-25-44-28-30/h3-28H,1-2H3. The van der Waals surface area contributed by atoms with E-state index in [-0.39, 0.29) is 0 Å². The van der Waals surface area contributed by atoms with Crippen molar-refractivity contribution in [2.45, 2.75) is 18.5 Å². The third kappa shape index (κ3) is 3.43. The molecule has 4 nitrogen and oxygen atoms in total. The van der Waals surface area contributed by atoms with Crippen molar-refractivity contribution in [3.63, 3.8) is 0 Å². The van der Waals surface area contributed by atoms with Crippen LogP contribution in [0.5, 0.6) is 0 Å². The molecule has 0 N–H and O–H groups in total. The van der Waals surface area contributed by atoms with Crippen LogP contribution in [0, 0.1) is 0 Å². The van der Waals surface area contributed by atoms with Gasteiger partial charge in [-0.2, -0.15) is 0 Å². The van der Waals surface area contributed by atoms with Gasteiger partial charge in [-0.15, -0.1) is 0 Å². The molecule has 0 aliphatic carbocycles. The SMILES string of the molecule is C[Si]1(C)c2ccccc2C2(c3ccccc3N(c3ccc4c(c3)c3ncccc3n4-c3cccnc3)c3ccccc32)c2ccccc21. The fraction of sp³-hybridized carbons (Fsp3) is 0.0698. The maximum atomic E-state index is 4.91. The minimum absolute atomic E-state index is 0.443. The average Bonchev–Trinajstić information content (AvgIpc) is 3.47. The third-order valence-electron chi connectivity index (χ3n) is 10.8. The summed E-state index contributed by atoms with van der Waals surface area (Å²) in [5.74, 6) is 0. The number of nitrogens with zero attached hydrogens (tertiary/aromatic N) is 4. The Morgan fingerprint density at radius 1 is 0.542 bits per heavy atom. The summed E-state index contributed by atoms with van der Waals surface area (Å²) in [5.41, 5.74) is 12.7. The fourth-order valence-electron chi connectivity index (χ4n) is 8.83. The number of hydrogen-bond acceptors (Lipinski definition) is 3. The lowest BCUT2D eigenvalue weighted by atomic mass is 9.62. The molecule has 0 radical (unpaired) electrons. The molecule has 1 spiro atoms. The van der Waals surface area contributed by atoms with E-state index in [0.717, 1.165) is 33.3 Å². The van der Waals surface area contributed by atoms with Gasteiger partial charge in [0.1, 0.15) is 8.07 Å². The summed E-state index contributed by atoms with van der Waals surface area (Å²) in [4.78, 5) is 11.8. The largest absolute Gasteiger partial charge is 0.310 e. The minimum Gasteiger partial charge on any atom is -0.310 e. The highest BCUT2D eigenvalue weighted by atomic mass is 28.3. The Morgan fingerprint density at radius 2 is 1.15 bits per heavy atom. The van der Waals surface area contributed by atoms with Gasteiger partial charge in [-0.25, -0.2) is 0 Å². The van der Waals surface area contributed by atoms with Crippen LogP contribution >= 0.6 is 0 Å². The van der Waals surface area contributed by atoms with Crippen LogP contribution in [-0.2, 0) is 5.41 Å². The molecule has 0 amide bonds. The molecule has 0 saturated carbocycles. The van der Waals surface area contributed by atoms with E-state index in [1.54, 1.807) is 0 Å². The van der Waals surface area contributed by atoms with E-state index in [1.165, 1.54) is 44.0 Å². The molecular formula is C43H32N4Si. The zero-order chi connectivity index (χ0) is 32.0. The molecule has 8 aromatic rings. The number of rotatable bonds is 2. The monoisotopic (exact) mass is 632 g/mol. The first-order valence-electron chi connectivity index (χ1n) is 16.6. The Kier molecular flexibility index (Phi) is 5.62. The highest BCUT2D eigenvalue weighted by Crippen LogP contribution is 2.58. The summed E-state index contributed by atoms with van der Waals surface area (Å²) < 4.78 is 2.27. The molecule has 0 fully saturated rings. The Morgan fingerprint density at radius 3 is 1.79 bits per heavy atom. The predicted octanol–water partition coefficient (Wildman–Crippen LogP) is 8.88. The van der Waals surface area contributed by atoms with E-state index in [2.05, 4.69) is 155 Å². The van der Waals surface area contributed by atoms with E-state index in [4.69, 9.17) is 4.98 Å². The lowest BCUT2D eigenvalue weighted by Crippen LogP contribution is -2.63. The van der Waals surface area contributed by atoms with Crippen LogP contribution in [0.3, 0.4) is 0 Å². The highest BCUT2D eigenvalue weighted by molar-refractivity contribution is 7.01. The van der Waals surface area contributed by atoms with Crippen molar-refractivity contribution in [1.82, 2.24) is 14.5 Å². The van der Waals surface area contributed by atoms with Crippen LogP contribution in [0.15, 0.2) is 158 Å². The maximum Gasteiger partial charge on any atom is 0.113 e. The second-order valence-electron chi connectivity index (χ2n) is 13.5. The van der Waals surface area contributed by atoms with Crippen LogP contribution in [0.4, 0.5) is 17.1 Å². The molecule has 0 unspecified atom stereocenters. The number of fused-ring (bicyclic) bond motifs is 11. The lowest BCUT2D eigenvalue weighted by Gasteiger charge is -2.52. The quantitative estimate of drug-likeness (QED) is 0.179. The maximum absolute atomic E-state index is 4.91. The van der Waals surface area contributed by atoms with E-state index in [1.807, 2.05) is 30.7 Å². The van der Waals surface area contributed by atoms with E-state index >= 15 is 0 Å². The lowest BCUT2D eigenvalue weighted by molar-refractivity contribution is 0.735. The minimum atomic E-state index is -1.97. The average molecular weight is 633 g/mol. The molecule has 5 aromatic carbocycles. The molecule has 0 bridgehead atoms. The first kappa shape index (κ1) is 27.3. The molecule has 48 heavy (non-hydrogen) atoms. The molecule has 3 aromatic heterocycles. The Balaban J connectivity index is 1.28. The van der Waals surface area contributed by atoms with Crippen molar-refractivity contribution in [1.29, 1.82) is 0 Å². The number of aromatic nitrogens is 3. The second kappa shape index (κ2) is 9.86. The van der Waals surface area contributed by atoms with Gasteiger partial charge in [0.25, 0.3) is 0 Å². The van der Waals surface area contributed by atoms with Crippen molar-refractivity contribution in [3.05, 3.63) is 180 Å². The van der Waals surface area contributed by atoms with Gasteiger partial charge in [0, 0.05) is 23.5 Å². The van der Waals surface area contributed by atoms with Crippen LogP contribution in [0.1, 0.15) is 22.3 Å². The topological polar surface area (TPSA) is 34.0 Å². The number of benzene rings is 5. The van der Waals surface area contributed by atoms with E-state index in [9.17, 15) is 0 Å². The molecule has 0 saturated heterocycles. The molecule has 228 valence electrons. The van der Waals surface area contributed by atoms with Gasteiger partial charge in [-0.3, -0.25) is 9.97 Å². The van der Waals surface area contributed by atoms with Crippen molar-refractivity contribution < 1.29 is 0 Å². The molecule has 2 aliphatic rings. The zero-order valence-corrected chi connectivity index (χ0v) is 27.8. The van der Waals surface area contributed by atoms with Gasteiger partial charge in [0.05, 0.1) is 45.2 Å². The number of pyridine rings is 2. The normalized spacial score (nSPS) is 15.2. The van der Waals surface area contributed by atoms with Crippen molar-refractivity contribution in [2.24, 2.45) is 0 Å². The summed E-state index contributed by atoms with van der Waals surface area (Å²) in [5, 5.41) is 4.14. The van der Waals surface area contributed by atoms with E-state index in [0.29, 0.717) is 0 Å². The zero-order valence-electron chi connectivity index (χ0n) is 26.8. The van der Waals surface area contributed by atoms with Crippen LogP contribution in [0.25, 0.3) is 27.6 Å². The highest BCUT2D eigenvalue weighted by Gasteiger charge is 2.53. The van der Waals surface area contributed by atoms with Crippen molar-refractivity contribution >= 4 is 57.4 Å². The molecule has 10 rings (SSSR count). The van der Waals surface area contributed by atoms with Gasteiger partial charge < -0.3 is 9.47 Å². The van der Waals surface area contributed by atoms with Crippen LogP contribution in [0.2, 0.25) is 13.1 Å². The van der Waals surface area contributed by atoms with Crippen LogP contribution < -0.4 is 15.3 Å². The summed E-state index contributed by atoms with van der Waals surface area (Å²) in [6.07, 6.45) is 5.62. The number of hydrogen-bond donors (Lipinski definition) is 0. The Bertz CT molecular complexity index is 2470. The van der Waals surface area contributed by atoms with E-state index < -0.39 is 13.5 Å². The second-order valence-corrected chi connectivity index (χ2v) is 17.8. The van der Waals surface area contributed by atoms with Crippen molar-refractivity contribution in [2.75, 3.05) is 4.90 Å². The van der Waals surface area contributed by atoms with Gasteiger partial charge in [0.2, 0.25) is 0 Å². The van der Waals surface area contributed by atoms with Gasteiger partial charge in [-0.05, 0) is 87.2 Å². The van der Waals surface area contributed by atoms with Crippen LogP contribution in [-0.4, -0.2) is 22.6 Å². The summed E-state index contributed by atoms with van der Waals surface area (Å²) in [6.45, 7) is 5.02. The van der Waals surface area contributed by atoms with Gasteiger partial charge in [0.15, 0.2) is 0 Å². The summed E-state index contributed by atoms with van der Waals surface area (Å²) in [6, 6.07) is 51.7. The summed E-state index contributed by atoms with van der Waals surface area (Å²) in [7, 11) is -1.97. The molecule has 0 atom stereocenters. The Hall–Kier alpha value is -5.78. The predicted molar refractivity (Wildman–Crippen MR) is 200 cm³/mol.